The summed E-state index contributed by atoms with van der Waals surface area (Å²) in [4.78, 5) is 15.0. The molecule has 2 rings (SSSR count). The maximum Gasteiger partial charge on any atom is 0.254 e. The Hall–Kier alpha value is -2.43. The molecule has 86 valence electrons. The first-order valence-corrected chi connectivity index (χ1v) is 4.85. The van der Waals surface area contributed by atoms with E-state index in [1.165, 1.54) is 30.5 Å². The molecule has 1 amide bonds. The molecular formula is C12H9FN2O2. The number of carbonyl (C=O) groups is 1. The normalized spacial score (nSPS) is 9.94. The lowest BCUT2D eigenvalue weighted by Crippen LogP contribution is -2.12. The summed E-state index contributed by atoms with van der Waals surface area (Å²) in [5.74, 6) is -0.764. The highest BCUT2D eigenvalue weighted by Gasteiger charge is 2.10. The summed E-state index contributed by atoms with van der Waals surface area (Å²) in [6.45, 7) is 0. The van der Waals surface area contributed by atoms with Crippen molar-refractivity contribution in [3.8, 4) is 11.6 Å². The van der Waals surface area contributed by atoms with Gasteiger partial charge in [0.25, 0.3) is 5.91 Å². The van der Waals surface area contributed by atoms with Crippen LogP contribution in [0.3, 0.4) is 0 Å². The van der Waals surface area contributed by atoms with Crippen LogP contribution < -0.4 is 10.5 Å². The molecule has 2 N–H and O–H groups in total. The molecule has 1 heterocycles. The van der Waals surface area contributed by atoms with Gasteiger partial charge in [0.15, 0.2) is 0 Å². The highest BCUT2D eigenvalue weighted by Crippen LogP contribution is 2.22. The molecule has 0 spiro atoms. The minimum absolute atomic E-state index is 0.0607. The predicted octanol–water partition coefficient (Wildman–Crippen LogP) is 2.11. The lowest BCUT2D eigenvalue weighted by Gasteiger charge is -2.07. The molecule has 1 aromatic carbocycles. The van der Waals surface area contributed by atoms with E-state index < -0.39 is 11.7 Å². The van der Waals surface area contributed by atoms with Crippen LogP contribution in [0.5, 0.6) is 11.6 Å². The first kappa shape index (κ1) is 11.1. The van der Waals surface area contributed by atoms with E-state index in [0.29, 0.717) is 0 Å². The van der Waals surface area contributed by atoms with Gasteiger partial charge in [-0.1, -0.05) is 6.07 Å². The fraction of sp³-hybridized carbons (Fsp3) is 0. The van der Waals surface area contributed by atoms with Crippen LogP contribution >= 0.6 is 0 Å². The third kappa shape index (κ3) is 2.57. The Balaban J connectivity index is 2.33. The molecule has 0 unspecified atom stereocenters. The summed E-state index contributed by atoms with van der Waals surface area (Å²) in [6.07, 6.45) is 1.46. The lowest BCUT2D eigenvalue weighted by atomic mass is 10.2. The predicted molar refractivity (Wildman–Crippen MR) is 59.2 cm³/mol. The second-order valence-electron chi connectivity index (χ2n) is 3.28. The number of benzene rings is 1. The van der Waals surface area contributed by atoms with Crippen molar-refractivity contribution in [3.05, 3.63) is 54.0 Å². The number of ether oxygens (including phenoxy) is 1. The van der Waals surface area contributed by atoms with Crippen molar-refractivity contribution < 1.29 is 13.9 Å². The molecule has 0 atom stereocenters. The van der Waals surface area contributed by atoms with E-state index in [4.69, 9.17) is 10.5 Å². The van der Waals surface area contributed by atoms with Crippen LogP contribution in [-0.4, -0.2) is 10.9 Å². The van der Waals surface area contributed by atoms with Crippen LogP contribution in [-0.2, 0) is 0 Å². The number of hydrogen-bond donors (Lipinski definition) is 1. The third-order valence-corrected chi connectivity index (χ3v) is 2.05. The number of nitrogens with zero attached hydrogens (tertiary/aromatic N) is 1. The van der Waals surface area contributed by atoms with Gasteiger partial charge in [-0.15, -0.1) is 0 Å². The number of nitrogens with two attached hydrogens (primary N) is 1. The Morgan fingerprint density at radius 2 is 2.12 bits per heavy atom. The van der Waals surface area contributed by atoms with Crippen LogP contribution in [0.15, 0.2) is 42.6 Å². The number of primary amides is 1. The zero-order valence-electron chi connectivity index (χ0n) is 8.76. The van der Waals surface area contributed by atoms with Crippen molar-refractivity contribution in [2.75, 3.05) is 0 Å². The minimum Gasteiger partial charge on any atom is -0.438 e. The largest absolute Gasteiger partial charge is 0.438 e. The first-order chi connectivity index (χ1) is 8.16. The molecule has 0 bridgehead atoms. The molecule has 0 aliphatic carbocycles. The van der Waals surface area contributed by atoms with Gasteiger partial charge in [-0.05, 0) is 24.3 Å². The Bertz CT molecular complexity index is 558. The Morgan fingerprint density at radius 3 is 2.82 bits per heavy atom. The van der Waals surface area contributed by atoms with Gasteiger partial charge in [-0.25, -0.2) is 9.37 Å². The lowest BCUT2D eigenvalue weighted by molar-refractivity contribution is 0.0997. The van der Waals surface area contributed by atoms with Gasteiger partial charge < -0.3 is 10.5 Å². The first-order valence-electron chi connectivity index (χ1n) is 4.85. The second-order valence-corrected chi connectivity index (χ2v) is 3.28. The maximum atomic E-state index is 12.9. The summed E-state index contributed by atoms with van der Waals surface area (Å²) >= 11 is 0. The number of rotatable bonds is 3. The van der Waals surface area contributed by atoms with E-state index in [2.05, 4.69) is 4.98 Å². The zero-order chi connectivity index (χ0) is 12.3. The fourth-order valence-corrected chi connectivity index (χ4v) is 1.30. The quantitative estimate of drug-likeness (QED) is 0.881. The molecule has 0 aliphatic rings. The van der Waals surface area contributed by atoms with Gasteiger partial charge >= 0.3 is 0 Å². The number of hydrogen-bond acceptors (Lipinski definition) is 3. The van der Waals surface area contributed by atoms with Gasteiger partial charge in [0.1, 0.15) is 17.1 Å². The van der Waals surface area contributed by atoms with E-state index in [1.54, 1.807) is 12.1 Å². The van der Waals surface area contributed by atoms with Gasteiger partial charge in [0.05, 0.1) is 0 Å². The number of carbonyl (C=O) groups excluding carboxylic acids is 1. The summed E-state index contributed by atoms with van der Waals surface area (Å²) in [6, 6.07) is 8.60. The molecule has 0 saturated carbocycles. The summed E-state index contributed by atoms with van der Waals surface area (Å²) in [5.41, 5.74) is 5.31. The summed E-state index contributed by atoms with van der Waals surface area (Å²) < 4.78 is 18.2. The summed E-state index contributed by atoms with van der Waals surface area (Å²) in [5, 5.41) is 0. The second kappa shape index (κ2) is 4.61. The molecule has 5 heteroatoms. The average molecular weight is 232 g/mol. The topological polar surface area (TPSA) is 65.2 Å². The fourth-order valence-electron chi connectivity index (χ4n) is 1.30. The number of aromatic nitrogens is 1. The van der Waals surface area contributed by atoms with Crippen molar-refractivity contribution in [1.29, 1.82) is 0 Å². The molecule has 17 heavy (non-hydrogen) atoms. The van der Waals surface area contributed by atoms with Crippen LogP contribution in [0.1, 0.15) is 10.4 Å². The van der Waals surface area contributed by atoms with Crippen molar-refractivity contribution in [2.45, 2.75) is 0 Å². The van der Waals surface area contributed by atoms with Crippen LogP contribution in [0.25, 0.3) is 0 Å². The summed E-state index contributed by atoms with van der Waals surface area (Å²) in [7, 11) is 0. The van der Waals surface area contributed by atoms with Gasteiger partial charge in [-0.2, -0.15) is 0 Å². The van der Waals surface area contributed by atoms with E-state index in [1.807, 2.05) is 0 Å². The molecule has 2 aromatic rings. The van der Waals surface area contributed by atoms with Crippen LogP contribution in [0.2, 0.25) is 0 Å². The Labute approximate surface area is 96.9 Å². The van der Waals surface area contributed by atoms with Crippen molar-refractivity contribution >= 4 is 5.91 Å². The van der Waals surface area contributed by atoms with Crippen molar-refractivity contribution in [3.63, 3.8) is 0 Å². The molecule has 4 nitrogen and oxygen atoms in total. The number of halogens is 1. The van der Waals surface area contributed by atoms with E-state index >= 15 is 0 Å². The van der Waals surface area contributed by atoms with E-state index in [-0.39, 0.29) is 17.2 Å². The van der Waals surface area contributed by atoms with Crippen LogP contribution in [0.4, 0.5) is 4.39 Å². The Kier molecular flexibility index (Phi) is 3.00. The van der Waals surface area contributed by atoms with Crippen molar-refractivity contribution in [2.24, 2.45) is 5.73 Å². The van der Waals surface area contributed by atoms with Crippen LogP contribution in [0, 0.1) is 5.82 Å². The molecule has 0 saturated heterocycles. The zero-order valence-corrected chi connectivity index (χ0v) is 8.76. The van der Waals surface area contributed by atoms with E-state index in [0.717, 1.165) is 0 Å². The van der Waals surface area contributed by atoms with Gasteiger partial charge in [-0.3, -0.25) is 4.79 Å². The minimum atomic E-state index is -0.649. The SMILES string of the molecule is NC(=O)c1cccnc1Oc1cccc(F)c1. The smallest absolute Gasteiger partial charge is 0.254 e. The highest BCUT2D eigenvalue weighted by molar-refractivity contribution is 5.95. The van der Waals surface area contributed by atoms with Gasteiger partial charge in [0, 0.05) is 12.3 Å². The molecule has 1 aromatic heterocycles. The highest BCUT2D eigenvalue weighted by atomic mass is 19.1. The van der Waals surface area contributed by atoms with Gasteiger partial charge in [0.2, 0.25) is 5.88 Å². The number of amides is 1. The Morgan fingerprint density at radius 1 is 1.29 bits per heavy atom. The standard InChI is InChI=1S/C12H9FN2O2/c13-8-3-1-4-9(7-8)17-12-10(11(14)16)5-2-6-15-12/h1-7H,(H2,14,16). The molecule has 0 aliphatic heterocycles. The molecule has 0 fully saturated rings. The average Bonchev–Trinajstić information content (AvgIpc) is 2.29. The third-order valence-electron chi connectivity index (χ3n) is 2.05. The van der Waals surface area contributed by atoms with Crippen molar-refractivity contribution in [1.82, 2.24) is 4.98 Å². The van der Waals surface area contributed by atoms with E-state index in [9.17, 15) is 9.18 Å². The maximum absolute atomic E-state index is 12.9. The molecule has 0 radical (unpaired) electrons. The monoisotopic (exact) mass is 232 g/mol. The number of pyridine rings is 1. The molecular weight excluding hydrogens is 223 g/mol.